The topological polar surface area (TPSA) is 81.2 Å². The van der Waals surface area contributed by atoms with Crippen molar-refractivity contribution in [3.63, 3.8) is 0 Å². The van der Waals surface area contributed by atoms with Crippen molar-refractivity contribution >= 4 is 21.9 Å². The molecule has 0 amide bonds. The summed E-state index contributed by atoms with van der Waals surface area (Å²) in [6.45, 7) is 0.251. The molecular formula is C14H13BrN2O4. The molecule has 6 nitrogen and oxygen atoms in total. The molecule has 1 aromatic carbocycles. The summed E-state index contributed by atoms with van der Waals surface area (Å²) in [5.41, 5.74) is 0.609. The van der Waals surface area contributed by atoms with Gasteiger partial charge in [-0.1, -0.05) is 24.3 Å². The Balaban J connectivity index is 2.36. The van der Waals surface area contributed by atoms with E-state index in [-0.39, 0.29) is 23.4 Å². The number of methoxy groups -OCH3 is 1. The lowest BCUT2D eigenvalue weighted by Crippen LogP contribution is -2.30. The predicted molar refractivity (Wildman–Crippen MR) is 80.3 cm³/mol. The van der Waals surface area contributed by atoms with Gasteiger partial charge >= 0.3 is 11.7 Å². The average molecular weight is 353 g/mol. The highest BCUT2D eigenvalue weighted by molar-refractivity contribution is 9.10. The maximum absolute atomic E-state index is 11.8. The van der Waals surface area contributed by atoms with Gasteiger partial charge in [-0.2, -0.15) is 0 Å². The molecule has 1 aromatic heterocycles. The van der Waals surface area contributed by atoms with Gasteiger partial charge in [-0.15, -0.1) is 0 Å². The van der Waals surface area contributed by atoms with Crippen molar-refractivity contribution < 1.29 is 9.53 Å². The summed E-state index contributed by atoms with van der Waals surface area (Å²) in [6, 6.07) is 7.26. The van der Waals surface area contributed by atoms with Crippen molar-refractivity contribution in [1.29, 1.82) is 0 Å². The van der Waals surface area contributed by atoms with E-state index in [0.29, 0.717) is 0 Å². The molecule has 21 heavy (non-hydrogen) atoms. The van der Waals surface area contributed by atoms with Gasteiger partial charge in [0, 0.05) is 6.20 Å². The fourth-order valence-electron chi connectivity index (χ4n) is 1.90. The Labute approximate surface area is 128 Å². The third-order valence-electron chi connectivity index (χ3n) is 2.99. The van der Waals surface area contributed by atoms with E-state index in [2.05, 4.69) is 25.7 Å². The summed E-state index contributed by atoms with van der Waals surface area (Å²) in [6.07, 6.45) is 1.56. The molecule has 0 aliphatic carbocycles. The Bertz CT molecular complexity index is 779. The van der Waals surface area contributed by atoms with Gasteiger partial charge in [0.15, 0.2) is 0 Å². The van der Waals surface area contributed by atoms with Gasteiger partial charge in [0.2, 0.25) is 0 Å². The van der Waals surface area contributed by atoms with Crippen LogP contribution in [-0.4, -0.2) is 22.6 Å². The molecule has 7 heteroatoms. The number of benzene rings is 1. The Kier molecular flexibility index (Phi) is 4.74. The molecule has 1 N–H and O–H groups in total. The minimum absolute atomic E-state index is 0.131. The fraction of sp³-hybridized carbons (Fsp3) is 0.214. The number of carbonyl (C=O) groups is 1. The molecule has 0 fully saturated rings. The average Bonchev–Trinajstić information content (AvgIpc) is 2.46. The first kappa shape index (κ1) is 15.2. The standard InChI is InChI=1S/C14H13BrN2O4/c1-21-12(18)6-9-4-2-3-5-10(9)7-17-8-11(15)13(19)16-14(17)20/h2-5,8H,6-7H2,1H3,(H,16,19,20). The first-order valence-electron chi connectivity index (χ1n) is 6.14. The van der Waals surface area contributed by atoms with Crippen LogP contribution in [0.25, 0.3) is 0 Å². The molecule has 110 valence electrons. The second kappa shape index (κ2) is 6.53. The van der Waals surface area contributed by atoms with Gasteiger partial charge in [-0.3, -0.25) is 19.1 Å². The van der Waals surface area contributed by atoms with Gasteiger partial charge in [-0.25, -0.2) is 4.79 Å². The number of aromatic amines is 1. The number of rotatable bonds is 4. The molecule has 2 rings (SSSR count). The highest BCUT2D eigenvalue weighted by Gasteiger charge is 2.09. The monoisotopic (exact) mass is 352 g/mol. The summed E-state index contributed by atoms with van der Waals surface area (Å²) in [5.74, 6) is -0.350. The minimum Gasteiger partial charge on any atom is -0.469 e. The number of carbonyl (C=O) groups excluding carboxylic acids is 1. The van der Waals surface area contributed by atoms with Gasteiger partial charge in [-0.05, 0) is 27.1 Å². The SMILES string of the molecule is COC(=O)Cc1ccccc1Cn1cc(Br)c(=O)[nH]c1=O. The molecule has 2 aromatic rings. The molecule has 0 spiro atoms. The number of hydrogen-bond donors (Lipinski definition) is 1. The maximum Gasteiger partial charge on any atom is 0.328 e. The first-order valence-corrected chi connectivity index (χ1v) is 6.93. The lowest BCUT2D eigenvalue weighted by Gasteiger charge is -2.10. The Morgan fingerprint density at radius 1 is 1.29 bits per heavy atom. The summed E-state index contributed by atoms with van der Waals surface area (Å²) in [4.78, 5) is 36.7. The van der Waals surface area contributed by atoms with Crippen molar-refractivity contribution in [2.24, 2.45) is 0 Å². The third kappa shape index (κ3) is 3.69. The summed E-state index contributed by atoms with van der Waals surface area (Å²) < 4.78 is 6.29. The number of esters is 1. The number of H-pyrrole nitrogens is 1. The highest BCUT2D eigenvalue weighted by atomic mass is 79.9. The summed E-state index contributed by atoms with van der Waals surface area (Å²) >= 11 is 3.09. The molecule has 0 saturated heterocycles. The normalized spacial score (nSPS) is 10.4. The van der Waals surface area contributed by atoms with Crippen LogP contribution in [0.1, 0.15) is 11.1 Å². The second-order valence-corrected chi connectivity index (χ2v) is 5.24. The number of nitrogens with one attached hydrogen (secondary N) is 1. The van der Waals surface area contributed by atoms with Crippen LogP contribution in [-0.2, 0) is 22.5 Å². The van der Waals surface area contributed by atoms with Crippen LogP contribution in [0.5, 0.6) is 0 Å². The van der Waals surface area contributed by atoms with Crippen molar-refractivity contribution in [2.45, 2.75) is 13.0 Å². The molecule has 0 saturated carbocycles. The Morgan fingerprint density at radius 2 is 1.95 bits per heavy atom. The van der Waals surface area contributed by atoms with Crippen molar-refractivity contribution in [3.05, 3.63) is 66.9 Å². The summed E-state index contributed by atoms with van der Waals surface area (Å²) in [7, 11) is 1.33. The highest BCUT2D eigenvalue weighted by Crippen LogP contribution is 2.12. The smallest absolute Gasteiger partial charge is 0.328 e. The molecule has 0 radical (unpaired) electrons. The quantitative estimate of drug-likeness (QED) is 0.834. The van der Waals surface area contributed by atoms with Gasteiger partial charge in [0.25, 0.3) is 5.56 Å². The van der Waals surface area contributed by atoms with Crippen molar-refractivity contribution in [1.82, 2.24) is 9.55 Å². The largest absolute Gasteiger partial charge is 0.469 e. The number of hydrogen-bond acceptors (Lipinski definition) is 4. The van der Waals surface area contributed by atoms with E-state index >= 15 is 0 Å². The van der Waals surface area contributed by atoms with Gasteiger partial charge in [0.05, 0.1) is 24.5 Å². The lowest BCUT2D eigenvalue weighted by molar-refractivity contribution is -0.139. The first-order chi connectivity index (χ1) is 10.0. The van der Waals surface area contributed by atoms with Crippen LogP contribution in [0.15, 0.2) is 44.5 Å². The van der Waals surface area contributed by atoms with Crippen LogP contribution in [0.4, 0.5) is 0 Å². The van der Waals surface area contributed by atoms with E-state index in [4.69, 9.17) is 0 Å². The zero-order valence-electron chi connectivity index (χ0n) is 11.3. The molecule has 0 unspecified atom stereocenters. The minimum atomic E-state index is -0.504. The Hall–Kier alpha value is -2.15. The third-order valence-corrected chi connectivity index (χ3v) is 3.55. The summed E-state index contributed by atoms with van der Waals surface area (Å²) in [5, 5.41) is 0. The van der Waals surface area contributed by atoms with Crippen LogP contribution >= 0.6 is 15.9 Å². The van der Waals surface area contributed by atoms with E-state index < -0.39 is 11.2 Å². The fourth-order valence-corrected chi connectivity index (χ4v) is 2.24. The number of nitrogens with zero attached hydrogens (tertiary/aromatic N) is 1. The zero-order valence-corrected chi connectivity index (χ0v) is 12.8. The van der Waals surface area contributed by atoms with Crippen LogP contribution in [0.3, 0.4) is 0 Å². The van der Waals surface area contributed by atoms with Crippen LogP contribution in [0, 0.1) is 0 Å². The zero-order chi connectivity index (χ0) is 15.4. The number of halogens is 1. The van der Waals surface area contributed by atoms with Crippen LogP contribution in [0.2, 0.25) is 0 Å². The van der Waals surface area contributed by atoms with E-state index in [1.807, 2.05) is 18.2 Å². The van der Waals surface area contributed by atoms with E-state index in [9.17, 15) is 14.4 Å². The predicted octanol–water partition coefficient (Wildman–Crippen LogP) is 1.06. The van der Waals surface area contributed by atoms with Gasteiger partial charge in [0.1, 0.15) is 0 Å². The van der Waals surface area contributed by atoms with E-state index in [1.165, 1.54) is 17.9 Å². The van der Waals surface area contributed by atoms with Crippen molar-refractivity contribution in [2.75, 3.05) is 7.11 Å². The number of ether oxygens (including phenoxy) is 1. The van der Waals surface area contributed by atoms with Crippen molar-refractivity contribution in [3.8, 4) is 0 Å². The Morgan fingerprint density at radius 3 is 2.62 bits per heavy atom. The molecular weight excluding hydrogens is 340 g/mol. The van der Waals surface area contributed by atoms with E-state index in [1.54, 1.807) is 6.07 Å². The number of aromatic nitrogens is 2. The molecule has 0 aliphatic rings. The van der Waals surface area contributed by atoms with E-state index in [0.717, 1.165) is 11.1 Å². The molecule has 0 aliphatic heterocycles. The molecule has 0 bridgehead atoms. The van der Waals surface area contributed by atoms with Gasteiger partial charge < -0.3 is 4.74 Å². The second-order valence-electron chi connectivity index (χ2n) is 4.39. The van der Waals surface area contributed by atoms with Crippen LogP contribution < -0.4 is 11.2 Å². The lowest BCUT2D eigenvalue weighted by atomic mass is 10.0. The molecule has 1 heterocycles. The molecule has 0 atom stereocenters. The maximum atomic E-state index is 11.8.